The maximum absolute atomic E-state index is 12.8. The Morgan fingerprint density at radius 3 is 2.83 bits per heavy atom. The van der Waals surface area contributed by atoms with Crippen molar-refractivity contribution in [2.24, 2.45) is 0 Å². The number of aromatic amines is 1. The lowest BCUT2D eigenvalue weighted by molar-refractivity contribution is 0.0209. The summed E-state index contributed by atoms with van der Waals surface area (Å²) in [6.07, 6.45) is 0.441. The molecule has 0 aliphatic carbocycles. The summed E-state index contributed by atoms with van der Waals surface area (Å²) in [6, 6.07) is 9.40. The number of pyridine rings is 1. The first-order valence-corrected chi connectivity index (χ1v) is 9.55. The molecule has 3 aromatic rings. The van der Waals surface area contributed by atoms with Crippen molar-refractivity contribution in [3.8, 4) is 6.07 Å². The number of carbonyl (C=O) groups excluding carboxylic acids is 1. The van der Waals surface area contributed by atoms with Gasteiger partial charge in [-0.25, -0.2) is 4.98 Å². The summed E-state index contributed by atoms with van der Waals surface area (Å²) in [7, 11) is 0. The molecule has 1 amide bonds. The maximum Gasteiger partial charge on any atom is 0.255 e. The lowest BCUT2D eigenvalue weighted by Gasteiger charge is -2.28. The summed E-state index contributed by atoms with van der Waals surface area (Å²) in [4.78, 5) is 20.8. The monoisotopic (exact) mass is 393 g/mol. The van der Waals surface area contributed by atoms with Crippen LogP contribution in [0.15, 0.2) is 24.3 Å². The summed E-state index contributed by atoms with van der Waals surface area (Å²) >= 11 is 0. The van der Waals surface area contributed by atoms with Crippen molar-refractivity contribution in [3.05, 3.63) is 35.4 Å². The van der Waals surface area contributed by atoms with E-state index in [2.05, 4.69) is 21.7 Å². The van der Waals surface area contributed by atoms with Gasteiger partial charge in [0, 0.05) is 17.4 Å². The van der Waals surface area contributed by atoms with E-state index in [4.69, 9.17) is 15.0 Å². The zero-order valence-electron chi connectivity index (χ0n) is 16.4. The summed E-state index contributed by atoms with van der Waals surface area (Å²) in [6.45, 7) is 4.90. The van der Waals surface area contributed by atoms with Gasteiger partial charge in [-0.15, -0.1) is 0 Å². The molecule has 1 aliphatic rings. The van der Waals surface area contributed by atoms with Gasteiger partial charge in [0.2, 0.25) is 0 Å². The molecule has 0 atom stereocenters. The van der Waals surface area contributed by atoms with Crippen LogP contribution < -0.4 is 10.6 Å². The van der Waals surface area contributed by atoms with Gasteiger partial charge in [-0.1, -0.05) is 0 Å². The number of hydrogen-bond acceptors (Lipinski definition) is 6. The summed E-state index contributed by atoms with van der Waals surface area (Å²) in [5.74, 6) is 0.236. The van der Waals surface area contributed by atoms with Crippen LogP contribution in [0, 0.1) is 11.3 Å². The van der Waals surface area contributed by atoms with Gasteiger partial charge in [0.15, 0.2) is 0 Å². The number of nitrogens with one attached hydrogen (secondary N) is 3. The molecule has 1 aliphatic heterocycles. The number of hydrogen-bond donors (Lipinski definition) is 4. The Morgan fingerprint density at radius 2 is 2.17 bits per heavy atom. The number of aromatic nitrogens is 2. The molecule has 0 bridgehead atoms. The lowest BCUT2D eigenvalue weighted by Crippen LogP contribution is -2.41. The van der Waals surface area contributed by atoms with Crippen LogP contribution in [-0.4, -0.2) is 52.4 Å². The Labute approximate surface area is 167 Å². The van der Waals surface area contributed by atoms with Gasteiger partial charge in [0.05, 0.1) is 53.1 Å². The van der Waals surface area contributed by atoms with Gasteiger partial charge in [-0.3, -0.25) is 4.79 Å². The minimum Gasteiger partial charge on any atom is -0.390 e. The van der Waals surface area contributed by atoms with Crippen LogP contribution in [0.4, 0.5) is 5.82 Å². The summed E-state index contributed by atoms with van der Waals surface area (Å²) in [5, 5.41) is 26.0. The van der Waals surface area contributed by atoms with Crippen LogP contribution in [0.5, 0.6) is 0 Å². The number of fused-ring (bicyclic) bond motifs is 3. The van der Waals surface area contributed by atoms with Crippen molar-refractivity contribution >= 4 is 33.7 Å². The minimum absolute atomic E-state index is 0.110. The highest BCUT2D eigenvalue weighted by Crippen LogP contribution is 2.29. The number of ether oxygens (including phenoxy) is 1. The Hall–Kier alpha value is -3.15. The van der Waals surface area contributed by atoms with Crippen LogP contribution in [0.1, 0.15) is 36.2 Å². The molecule has 150 valence electrons. The average molecular weight is 393 g/mol. The largest absolute Gasteiger partial charge is 0.390 e. The van der Waals surface area contributed by atoms with Crippen LogP contribution >= 0.6 is 0 Å². The Kier molecular flexibility index (Phi) is 4.86. The normalized spacial score (nSPS) is 14.6. The average Bonchev–Trinajstić information content (AvgIpc) is 2.99. The topological polar surface area (TPSA) is 123 Å². The molecule has 0 spiro atoms. The van der Waals surface area contributed by atoms with E-state index in [0.717, 1.165) is 21.9 Å². The van der Waals surface area contributed by atoms with E-state index in [-0.39, 0.29) is 11.9 Å². The van der Waals surface area contributed by atoms with E-state index in [1.54, 1.807) is 32.0 Å². The number of benzene rings is 1. The number of nitrogens with zero attached hydrogens (tertiary/aromatic N) is 2. The second kappa shape index (κ2) is 7.35. The summed E-state index contributed by atoms with van der Waals surface area (Å²) < 4.78 is 5.22. The van der Waals surface area contributed by atoms with Gasteiger partial charge in [0.25, 0.3) is 5.91 Å². The zero-order valence-corrected chi connectivity index (χ0v) is 16.4. The molecule has 1 aromatic carbocycles. The highest BCUT2D eigenvalue weighted by Gasteiger charge is 2.23. The number of anilines is 1. The van der Waals surface area contributed by atoms with E-state index in [1.807, 2.05) is 6.07 Å². The van der Waals surface area contributed by atoms with E-state index >= 15 is 0 Å². The Balaban J connectivity index is 1.72. The number of rotatable bonds is 6. The van der Waals surface area contributed by atoms with Crippen LogP contribution in [0.3, 0.4) is 0 Å². The second-order valence-electron chi connectivity index (χ2n) is 7.97. The van der Waals surface area contributed by atoms with Gasteiger partial charge in [-0.2, -0.15) is 5.26 Å². The number of nitriles is 1. The minimum atomic E-state index is -0.852. The molecule has 1 saturated heterocycles. The van der Waals surface area contributed by atoms with Crippen LogP contribution in [0.2, 0.25) is 0 Å². The van der Waals surface area contributed by atoms with E-state index in [9.17, 15) is 9.90 Å². The number of aliphatic hydroxyl groups is 1. The van der Waals surface area contributed by atoms with Crippen molar-refractivity contribution in [1.82, 2.24) is 15.3 Å². The molecule has 0 saturated carbocycles. The predicted octanol–water partition coefficient (Wildman–Crippen LogP) is 2.29. The van der Waals surface area contributed by atoms with Crippen LogP contribution in [0.25, 0.3) is 21.9 Å². The van der Waals surface area contributed by atoms with Crippen molar-refractivity contribution < 1.29 is 14.6 Å². The quantitative estimate of drug-likeness (QED) is 0.510. The molecule has 4 N–H and O–H groups in total. The van der Waals surface area contributed by atoms with E-state index in [0.29, 0.717) is 43.1 Å². The summed E-state index contributed by atoms with van der Waals surface area (Å²) in [5.41, 5.74) is 2.38. The third kappa shape index (κ3) is 4.01. The van der Waals surface area contributed by atoms with Crippen molar-refractivity contribution in [1.29, 1.82) is 5.26 Å². The third-order valence-electron chi connectivity index (χ3n) is 4.94. The van der Waals surface area contributed by atoms with Gasteiger partial charge in [0.1, 0.15) is 5.82 Å². The third-order valence-corrected chi connectivity index (χ3v) is 4.94. The van der Waals surface area contributed by atoms with Crippen molar-refractivity contribution in [2.45, 2.75) is 31.9 Å². The molecular weight excluding hydrogens is 370 g/mol. The smallest absolute Gasteiger partial charge is 0.255 e. The van der Waals surface area contributed by atoms with E-state index < -0.39 is 5.60 Å². The first-order valence-electron chi connectivity index (χ1n) is 9.55. The molecule has 2 aromatic heterocycles. The number of amides is 1. The van der Waals surface area contributed by atoms with Crippen LogP contribution in [-0.2, 0) is 4.74 Å². The standard InChI is InChI=1S/C21H23N5O3/c1-21(2,28)5-6-23-20(27)15-8-17-18(26-19(15)24-13-10-29-11-13)14-4-3-12(9-22)7-16(14)25-17/h3-4,7-8,13,25,28H,5-6,10-11H2,1-2H3,(H,23,27)(H,24,26). The molecule has 29 heavy (non-hydrogen) atoms. The van der Waals surface area contributed by atoms with Crippen molar-refractivity contribution in [3.63, 3.8) is 0 Å². The highest BCUT2D eigenvalue weighted by molar-refractivity contribution is 6.09. The molecule has 8 nitrogen and oxygen atoms in total. The Bertz CT molecular complexity index is 1120. The SMILES string of the molecule is CC(C)(O)CCNC(=O)c1cc2[nH]c3cc(C#N)ccc3c2nc1NC1COC1. The molecule has 0 unspecified atom stereocenters. The fraction of sp³-hybridized carbons (Fsp3) is 0.381. The van der Waals surface area contributed by atoms with E-state index in [1.165, 1.54) is 0 Å². The van der Waals surface area contributed by atoms with Gasteiger partial charge < -0.3 is 25.5 Å². The van der Waals surface area contributed by atoms with Crippen molar-refractivity contribution in [2.75, 3.05) is 25.1 Å². The number of carbonyl (C=O) groups is 1. The predicted molar refractivity (Wildman–Crippen MR) is 110 cm³/mol. The Morgan fingerprint density at radius 1 is 1.38 bits per heavy atom. The molecule has 8 heteroatoms. The van der Waals surface area contributed by atoms with Gasteiger partial charge in [-0.05, 0) is 44.5 Å². The molecule has 3 heterocycles. The molecule has 4 rings (SSSR count). The lowest BCUT2D eigenvalue weighted by atomic mass is 10.1. The zero-order chi connectivity index (χ0) is 20.6. The molecular formula is C21H23N5O3. The maximum atomic E-state index is 12.8. The second-order valence-corrected chi connectivity index (χ2v) is 7.97. The molecule has 1 fully saturated rings. The fourth-order valence-corrected chi connectivity index (χ4v) is 3.26. The molecule has 0 radical (unpaired) electrons. The first-order chi connectivity index (χ1) is 13.8. The van der Waals surface area contributed by atoms with Gasteiger partial charge >= 0.3 is 0 Å². The number of H-pyrrole nitrogens is 1. The first kappa shape index (κ1) is 19.2. The fourth-order valence-electron chi connectivity index (χ4n) is 3.26. The highest BCUT2D eigenvalue weighted by atomic mass is 16.5.